The van der Waals surface area contributed by atoms with Crippen LogP contribution in [-0.2, 0) is 5.88 Å². The SMILES string of the molecule is O=Cc1cc(CCl)nc(OC(F)(F)F)c1C(F)F. The first-order valence-electron chi connectivity index (χ1n) is 4.37. The van der Waals surface area contributed by atoms with Gasteiger partial charge in [0.1, 0.15) is 0 Å². The second-order valence-electron chi connectivity index (χ2n) is 3.02. The summed E-state index contributed by atoms with van der Waals surface area (Å²) in [6.45, 7) is 0. The molecule has 0 spiro atoms. The molecule has 0 bridgehead atoms. The molecule has 0 amide bonds. The lowest BCUT2D eigenvalue weighted by molar-refractivity contribution is -0.276. The van der Waals surface area contributed by atoms with Gasteiger partial charge >= 0.3 is 6.36 Å². The van der Waals surface area contributed by atoms with Gasteiger partial charge in [0.05, 0.1) is 17.1 Å². The third kappa shape index (κ3) is 3.52. The summed E-state index contributed by atoms with van der Waals surface area (Å²) in [6.07, 6.45) is -8.54. The van der Waals surface area contributed by atoms with Gasteiger partial charge in [-0.15, -0.1) is 24.8 Å². The number of aromatic nitrogens is 1. The molecule has 9 heteroatoms. The highest BCUT2D eigenvalue weighted by atomic mass is 35.5. The number of halogens is 6. The van der Waals surface area contributed by atoms with Gasteiger partial charge in [-0.1, -0.05) is 0 Å². The fraction of sp³-hybridized carbons (Fsp3) is 0.333. The van der Waals surface area contributed by atoms with Crippen molar-refractivity contribution in [2.45, 2.75) is 18.7 Å². The number of ether oxygens (including phenoxy) is 1. The van der Waals surface area contributed by atoms with Crippen molar-refractivity contribution in [1.29, 1.82) is 0 Å². The van der Waals surface area contributed by atoms with Crippen LogP contribution >= 0.6 is 11.6 Å². The molecule has 0 aliphatic rings. The molecule has 100 valence electrons. The molecule has 3 nitrogen and oxygen atoms in total. The van der Waals surface area contributed by atoms with E-state index in [9.17, 15) is 26.7 Å². The van der Waals surface area contributed by atoms with Gasteiger partial charge in [-0.2, -0.15) is 0 Å². The van der Waals surface area contributed by atoms with Crippen LogP contribution in [0.5, 0.6) is 5.88 Å². The number of carbonyl (C=O) groups is 1. The van der Waals surface area contributed by atoms with Crippen LogP contribution in [0.4, 0.5) is 22.0 Å². The van der Waals surface area contributed by atoms with E-state index in [-0.39, 0.29) is 17.9 Å². The number of hydrogen-bond donors (Lipinski definition) is 0. The smallest absolute Gasteiger partial charge is 0.387 e. The van der Waals surface area contributed by atoms with E-state index in [0.29, 0.717) is 0 Å². The van der Waals surface area contributed by atoms with E-state index in [1.165, 1.54) is 0 Å². The van der Waals surface area contributed by atoms with Gasteiger partial charge in [0.15, 0.2) is 6.29 Å². The van der Waals surface area contributed by atoms with Crippen LogP contribution in [0.2, 0.25) is 0 Å². The second-order valence-corrected chi connectivity index (χ2v) is 3.29. The summed E-state index contributed by atoms with van der Waals surface area (Å²) < 4.78 is 64.7. The van der Waals surface area contributed by atoms with Crippen molar-refractivity contribution in [3.8, 4) is 5.88 Å². The summed E-state index contributed by atoms with van der Waals surface area (Å²) in [6, 6.07) is 0.880. The maximum atomic E-state index is 12.6. The normalized spacial score (nSPS) is 11.7. The topological polar surface area (TPSA) is 39.2 Å². The molecule has 0 unspecified atom stereocenters. The highest BCUT2D eigenvalue weighted by Gasteiger charge is 2.35. The van der Waals surface area contributed by atoms with Crippen molar-refractivity contribution in [2.75, 3.05) is 0 Å². The highest BCUT2D eigenvalue weighted by Crippen LogP contribution is 2.34. The van der Waals surface area contributed by atoms with Crippen molar-refractivity contribution in [3.63, 3.8) is 0 Å². The third-order valence-electron chi connectivity index (χ3n) is 1.80. The van der Waals surface area contributed by atoms with Crippen LogP contribution in [0, 0.1) is 0 Å². The fourth-order valence-electron chi connectivity index (χ4n) is 1.18. The third-order valence-corrected chi connectivity index (χ3v) is 2.08. The summed E-state index contributed by atoms with van der Waals surface area (Å²) in [4.78, 5) is 13.8. The number of hydrogen-bond acceptors (Lipinski definition) is 3. The predicted octanol–water partition coefficient (Wildman–Crippen LogP) is 3.47. The minimum absolute atomic E-state index is 0.0115. The van der Waals surface area contributed by atoms with Crippen molar-refractivity contribution >= 4 is 17.9 Å². The Morgan fingerprint density at radius 1 is 1.44 bits per heavy atom. The van der Waals surface area contributed by atoms with Crippen molar-refractivity contribution in [2.24, 2.45) is 0 Å². The minimum Gasteiger partial charge on any atom is -0.387 e. The van der Waals surface area contributed by atoms with Crippen LogP contribution in [0.3, 0.4) is 0 Å². The Bertz CT molecular complexity index is 449. The number of rotatable bonds is 4. The van der Waals surface area contributed by atoms with E-state index in [1.807, 2.05) is 0 Å². The molecule has 0 radical (unpaired) electrons. The Morgan fingerprint density at radius 3 is 2.44 bits per heavy atom. The molecule has 0 fully saturated rings. The molecule has 1 aromatic heterocycles. The molecule has 1 rings (SSSR count). The summed E-state index contributed by atoms with van der Waals surface area (Å²) in [5, 5.41) is 0. The number of alkyl halides is 6. The Balaban J connectivity index is 3.39. The molecule has 1 heterocycles. The van der Waals surface area contributed by atoms with Crippen LogP contribution in [0.1, 0.15) is 28.0 Å². The molecule has 0 aliphatic carbocycles. The van der Waals surface area contributed by atoms with Gasteiger partial charge in [0.25, 0.3) is 6.43 Å². The Labute approximate surface area is 103 Å². The van der Waals surface area contributed by atoms with E-state index in [1.54, 1.807) is 0 Å². The Hall–Kier alpha value is -1.44. The van der Waals surface area contributed by atoms with Crippen molar-refractivity contribution in [1.82, 2.24) is 4.98 Å². The molecule has 0 aliphatic heterocycles. The summed E-state index contributed by atoms with van der Waals surface area (Å²) in [5.41, 5.74) is -2.03. The van der Waals surface area contributed by atoms with Crippen LogP contribution in [0.15, 0.2) is 6.07 Å². The average Bonchev–Trinajstić information content (AvgIpc) is 2.25. The maximum absolute atomic E-state index is 12.6. The van der Waals surface area contributed by atoms with Crippen LogP contribution in [-0.4, -0.2) is 17.6 Å². The first-order chi connectivity index (χ1) is 8.28. The van der Waals surface area contributed by atoms with Gasteiger partial charge in [0.2, 0.25) is 5.88 Å². The lowest BCUT2D eigenvalue weighted by Gasteiger charge is -2.14. The lowest BCUT2D eigenvalue weighted by atomic mass is 10.1. The van der Waals surface area contributed by atoms with Crippen molar-refractivity contribution in [3.05, 3.63) is 22.9 Å². The number of aldehydes is 1. The zero-order valence-electron chi connectivity index (χ0n) is 8.47. The molecule has 0 aromatic carbocycles. The standard InChI is InChI=1S/C9H5ClF5NO2/c10-2-5-1-4(3-17)6(7(11)12)8(16-5)18-9(13,14)15/h1,3,7H,2H2. The summed E-state index contributed by atoms with van der Waals surface area (Å²) >= 11 is 5.33. The van der Waals surface area contributed by atoms with E-state index < -0.39 is 29.8 Å². The summed E-state index contributed by atoms with van der Waals surface area (Å²) in [5.74, 6) is -1.71. The van der Waals surface area contributed by atoms with Gasteiger partial charge in [-0.05, 0) is 6.07 Å². The molecule has 18 heavy (non-hydrogen) atoms. The number of carbonyl (C=O) groups excluding carboxylic acids is 1. The monoisotopic (exact) mass is 289 g/mol. The number of pyridine rings is 1. The summed E-state index contributed by atoms with van der Waals surface area (Å²) in [7, 11) is 0. The van der Waals surface area contributed by atoms with Gasteiger partial charge < -0.3 is 4.74 Å². The largest absolute Gasteiger partial charge is 0.574 e. The molecular formula is C9H5ClF5NO2. The van der Waals surface area contributed by atoms with Gasteiger partial charge in [-0.25, -0.2) is 13.8 Å². The molecule has 0 saturated heterocycles. The van der Waals surface area contributed by atoms with Crippen LogP contribution < -0.4 is 4.74 Å². The predicted molar refractivity (Wildman–Crippen MR) is 50.8 cm³/mol. The van der Waals surface area contributed by atoms with Crippen molar-refractivity contribution < 1.29 is 31.5 Å². The molecule has 1 aromatic rings. The zero-order chi connectivity index (χ0) is 13.9. The number of nitrogens with zero attached hydrogens (tertiary/aromatic N) is 1. The molecule has 0 saturated carbocycles. The average molecular weight is 290 g/mol. The quantitative estimate of drug-likeness (QED) is 0.484. The van der Waals surface area contributed by atoms with E-state index >= 15 is 0 Å². The first-order valence-corrected chi connectivity index (χ1v) is 4.90. The molecule has 0 atom stereocenters. The molecular weight excluding hydrogens is 285 g/mol. The zero-order valence-corrected chi connectivity index (χ0v) is 9.23. The molecule has 0 N–H and O–H groups in total. The Morgan fingerprint density at radius 2 is 2.06 bits per heavy atom. The minimum atomic E-state index is -5.19. The van der Waals surface area contributed by atoms with E-state index in [2.05, 4.69) is 9.72 Å². The second kappa shape index (κ2) is 5.47. The fourth-order valence-corrected chi connectivity index (χ4v) is 1.31. The highest BCUT2D eigenvalue weighted by molar-refractivity contribution is 6.16. The van der Waals surface area contributed by atoms with Gasteiger partial charge in [-0.3, -0.25) is 4.79 Å². The van der Waals surface area contributed by atoms with Crippen LogP contribution in [0.25, 0.3) is 0 Å². The maximum Gasteiger partial charge on any atom is 0.574 e. The van der Waals surface area contributed by atoms with E-state index in [0.717, 1.165) is 6.07 Å². The first kappa shape index (κ1) is 14.6. The Kier molecular flexibility index (Phi) is 4.44. The van der Waals surface area contributed by atoms with Gasteiger partial charge in [0, 0.05) is 5.56 Å². The lowest BCUT2D eigenvalue weighted by Crippen LogP contribution is -2.20. The van der Waals surface area contributed by atoms with E-state index in [4.69, 9.17) is 11.6 Å².